The fourth-order valence-electron chi connectivity index (χ4n) is 1.85. The molecule has 0 radical (unpaired) electrons. The Bertz CT molecular complexity index is 268. The van der Waals surface area contributed by atoms with Crippen molar-refractivity contribution >= 4 is 30.9 Å². The highest BCUT2D eigenvalue weighted by molar-refractivity contribution is 14.1. The van der Waals surface area contributed by atoms with Gasteiger partial charge < -0.3 is 4.43 Å². The minimum atomic E-state index is -1.56. The maximum atomic E-state index is 6.37. The van der Waals surface area contributed by atoms with Gasteiger partial charge >= 0.3 is 0 Å². The van der Waals surface area contributed by atoms with Crippen LogP contribution < -0.4 is 0 Å². The minimum Gasteiger partial charge on any atom is -0.417 e. The Hall–Kier alpha value is 0.647. The highest BCUT2D eigenvalue weighted by Crippen LogP contribution is 2.38. The average Bonchev–Trinajstić information content (AvgIpc) is 2.25. The SMILES string of the molecule is CC(C)(C)[Si](C)(C)OC[C@H]1CC=CC[C@@H]1CI. The van der Waals surface area contributed by atoms with Gasteiger partial charge in [-0.15, -0.1) is 0 Å². The van der Waals surface area contributed by atoms with E-state index >= 15 is 0 Å². The lowest BCUT2D eigenvalue weighted by molar-refractivity contribution is 0.186. The van der Waals surface area contributed by atoms with E-state index in [1.54, 1.807) is 0 Å². The first-order chi connectivity index (χ1) is 7.78. The van der Waals surface area contributed by atoms with Crippen LogP contribution in [0.1, 0.15) is 33.6 Å². The van der Waals surface area contributed by atoms with Gasteiger partial charge in [-0.2, -0.15) is 0 Å². The van der Waals surface area contributed by atoms with E-state index in [0.29, 0.717) is 5.04 Å². The van der Waals surface area contributed by atoms with Crippen LogP contribution in [0.4, 0.5) is 0 Å². The molecule has 0 spiro atoms. The summed E-state index contributed by atoms with van der Waals surface area (Å²) < 4.78 is 7.62. The fourth-order valence-corrected chi connectivity index (χ4v) is 3.99. The highest BCUT2D eigenvalue weighted by Gasteiger charge is 2.38. The van der Waals surface area contributed by atoms with Crippen LogP contribution in [0, 0.1) is 11.8 Å². The molecule has 2 atom stereocenters. The molecule has 3 heteroatoms. The zero-order valence-corrected chi connectivity index (χ0v) is 15.1. The van der Waals surface area contributed by atoms with Gasteiger partial charge in [-0.1, -0.05) is 55.5 Å². The monoisotopic (exact) mass is 366 g/mol. The van der Waals surface area contributed by atoms with E-state index < -0.39 is 8.32 Å². The van der Waals surface area contributed by atoms with E-state index in [4.69, 9.17) is 4.43 Å². The van der Waals surface area contributed by atoms with E-state index in [2.05, 4.69) is 68.6 Å². The van der Waals surface area contributed by atoms with Crippen LogP contribution in [0.3, 0.4) is 0 Å². The molecule has 1 aliphatic carbocycles. The largest absolute Gasteiger partial charge is 0.417 e. The first-order valence-corrected chi connectivity index (χ1v) is 11.1. The standard InChI is InChI=1S/C14H27IOSi/c1-14(2,3)17(4,5)16-11-13-9-7-6-8-12(13)10-15/h6-7,12-13H,8-11H2,1-5H3/t12-,13-/m1/s1. The maximum absolute atomic E-state index is 6.37. The second kappa shape index (κ2) is 6.20. The summed E-state index contributed by atoms with van der Waals surface area (Å²) in [6.07, 6.45) is 7.13. The van der Waals surface area contributed by atoms with E-state index in [-0.39, 0.29) is 0 Å². The van der Waals surface area contributed by atoms with E-state index in [0.717, 1.165) is 18.4 Å². The van der Waals surface area contributed by atoms with Crippen molar-refractivity contribution in [2.75, 3.05) is 11.0 Å². The van der Waals surface area contributed by atoms with Crippen LogP contribution in [-0.4, -0.2) is 19.4 Å². The predicted octanol–water partition coefficient (Wildman–Crippen LogP) is 5.03. The number of halogens is 1. The molecule has 17 heavy (non-hydrogen) atoms. The first kappa shape index (κ1) is 15.7. The van der Waals surface area contributed by atoms with Crippen molar-refractivity contribution in [3.63, 3.8) is 0 Å². The molecule has 1 aliphatic rings. The van der Waals surface area contributed by atoms with Crippen molar-refractivity contribution in [3.05, 3.63) is 12.2 Å². The molecule has 0 bridgehead atoms. The fraction of sp³-hybridized carbons (Fsp3) is 0.857. The van der Waals surface area contributed by atoms with Crippen molar-refractivity contribution in [3.8, 4) is 0 Å². The van der Waals surface area contributed by atoms with Crippen LogP contribution in [0.25, 0.3) is 0 Å². The van der Waals surface area contributed by atoms with Crippen LogP contribution in [-0.2, 0) is 4.43 Å². The van der Waals surface area contributed by atoms with E-state index in [9.17, 15) is 0 Å². The molecule has 0 aliphatic heterocycles. The second-order valence-corrected chi connectivity index (χ2v) is 12.4. The van der Waals surface area contributed by atoms with Gasteiger partial charge in [-0.25, -0.2) is 0 Å². The van der Waals surface area contributed by atoms with Crippen molar-refractivity contribution in [1.82, 2.24) is 0 Å². The van der Waals surface area contributed by atoms with E-state index in [1.165, 1.54) is 17.3 Å². The number of rotatable bonds is 4. The van der Waals surface area contributed by atoms with Crippen LogP contribution >= 0.6 is 22.6 Å². The van der Waals surface area contributed by atoms with Crippen molar-refractivity contribution < 1.29 is 4.43 Å². The van der Waals surface area contributed by atoms with Crippen LogP contribution in [0.2, 0.25) is 18.1 Å². The summed E-state index contributed by atoms with van der Waals surface area (Å²) in [5, 5.41) is 0.331. The lowest BCUT2D eigenvalue weighted by atomic mass is 9.85. The zero-order chi connectivity index (χ0) is 13.1. The van der Waals surface area contributed by atoms with Gasteiger partial charge in [-0.05, 0) is 42.8 Å². The molecule has 0 heterocycles. The summed E-state index contributed by atoms with van der Waals surface area (Å²) in [6, 6.07) is 0. The lowest BCUT2D eigenvalue weighted by Gasteiger charge is -2.38. The Balaban J connectivity index is 2.52. The van der Waals surface area contributed by atoms with Crippen LogP contribution in [0.5, 0.6) is 0 Å². The number of hydrogen-bond donors (Lipinski definition) is 0. The smallest absolute Gasteiger partial charge is 0.191 e. The van der Waals surface area contributed by atoms with Gasteiger partial charge in [0.25, 0.3) is 0 Å². The predicted molar refractivity (Wildman–Crippen MR) is 87.4 cm³/mol. The highest BCUT2D eigenvalue weighted by atomic mass is 127. The molecule has 100 valence electrons. The molecule has 0 aromatic heterocycles. The Kier molecular flexibility index (Phi) is 5.72. The second-order valence-electron chi connectivity index (χ2n) is 6.69. The quantitative estimate of drug-likeness (QED) is 0.294. The summed E-state index contributed by atoms with van der Waals surface area (Å²) in [6.45, 7) is 12.6. The van der Waals surface area contributed by atoms with Crippen molar-refractivity contribution in [2.45, 2.75) is 51.7 Å². The van der Waals surface area contributed by atoms with Crippen LogP contribution in [0.15, 0.2) is 12.2 Å². The Morgan fingerprint density at radius 2 is 1.71 bits per heavy atom. The summed E-state index contributed by atoms with van der Waals surface area (Å²) in [4.78, 5) is 0. The summed E-state index contributed by atoms with van der Waals surface area (Å²) in [5.74, 6) is 1.57. The normalized spacial score (nSPS) is 26.2. The molecule has 0 aromatic carbocycles. The molecule has 0 saturated heterocycles. The Morgan fingerprint density at radius 3 is 2.18 bits per heavy atom. The Morgan fingerprint density at radius 1 is 1.18 bits per heavy atom. The average molecular weight is 366 g/mol. The third-order valence-corrected chi connectivity index (χ3v) is 10.0. The van der Waals surface area contributed by atoms with Crippen molar-refractivity contribution in [1.29, 1.82) is 0 Å². The molecular formula is C14H27IOSi. The number of alkyl halides is 1. The molecule has 0 N–H and O–H groups in total. The van der Waals surface area contributed by atoms with Gasteiger partial charge in [0.15, 0.2) is 8.32 Å². The molecule has 0 saturated carbocycles. The number of hydrogen-bond acceptors (Lipinski definition) is 1. The van der Waals surface area contributed by atoms with Gasteiger partial charge in [0.05, 0.1) is 0 Å². The molecule has 0 fully saturated rings. The maximum Gasteiger partial charge on any atom is 0.191 e. The third kappa shape index (κ3) is 4.35. The molecule has 1 rings (SSSR count). The third-order valence-electron chi connectivity index (χ3n) is 4.37. The summed E-state index contributed by atoms with van der Waals surface area (Å²) in [5.41, 5.74) is 0. The van der Waals surface area contributed by atoms with Crippen molar-refractivity contribution in [2.24, 2.45) is 11.8 Å². The van der Waals surface area contributed by atoms with E-state index in [1.807, 2.05) is 0 Å². The minimum absolute atomic E-state index is 0.331. The van der Waals surface area contributed by atoms with Gasteiger partial charge in [0.2, 0.25) is 0 Å². The van der Waals surface area contributed by atoms with Gasteiger partial charge in [0, 0.05) is 11.0 Å². The molecule has 1 nitrogen and oxygen atoms in total. The zero-order valence-electron chi connectivity index (χ0n) is 11.9. The Labute approximate surface area is 122 Å². The summed E-state index contributed by atoms with van der Waals surface area (Å²) in [7, 11) is -1.56. The molecule has 0 aromatic rings. The molecular weight excluding hydrogens is 339 g/mol. The first-order valence-electron chi connectivity index (χ1n) is 6.63. The topological polar surface area (TPSA) is 9.23 Å². The lowest BCUT2D eigenvalue weighted by Crippen LogP contribution is -2.42. The molecule has 0 amide bonds. The van der Waals surface area contributed by atoms with Gasteiger partial charge in [0.1, 0.15) is 0 Å². The molecule has 0 unspecified atom stereocenters. The summed E-state index contributed by atoms with van der Waals surface area (Å²) >= 11 is 2.52. The number of allylic oxidation sites excluding steroid dienone is 2. The van der Waals surface area contributed by atoms with Gasteiger partial charge in [-0.3, -0.25) is 0 Å².